The van der Waals surface area contributed by atoms with Gasteiger partial charge in [-0.3, -0.25) is 14.5 Å². The SMILES string of the molecule is COCN1C(=O)[C@]2(c3ccccc31)[C@@H](OC)C[C@@H]1/C(=C\C(c3ccccc3)c3ccccc3)[C@@H]3[C@H]2[C@@]1(COC)C(=O)N3C. The lowest BCUT2D eigenvalue weighted by Gasteiger charge is -2.51. The van der Waals surface area contributed by atoms with Crippen LogP contribution in [0.4, 0.5) is 5.69 Å². The van der Waals surface area contributed by atoms with E-state index in [1.165, 1.54) is 16.7 Å². The molecule has 222 valence electrons. The number of carbonyl (C=O) groups is 2. The van der Waals surface area contributed by atoms with Gasteiger partial charge in [0.2, 0.25) is 11.8 Å². The Morgan fingerprint density at radius 1 is 0.860 bits per heavy atom. The number of benzene rings is 3. The van der Waals surface area contributed by atoms with Crippen LogP contribution in [0, 0.1) is 17.3 Å². The fourth-order valence-electron chi connectivity index (χ4n) is 9.24. The van der Waals surface area contributed by atoms with Crippen molar-refractivity contribution in [1.82, 2.24) is 4.90 Å². The van der Waals surface area contributed by atoms with Crippen molar-refractivity contribution in [3.8, 4) is 0 Å². The second-order valence-corrected chi connectivity index (χ2v) is 12.3. The molecule has 3 aromatic rings. The number of hydrogen-bond acceptors (Lipinski definition) is 5. The van der Waals surface area contributed by atoms with E-state index < -0.39 is 16.9 Å². The third-order valence-corrected chi connectivity index (χ3v) is 10.7. The van der Waals surface area contributed by atoms with E-state index in [0.717, 1.165) is 11.3 Å². The number of piperidine rings is 1. The first-order valence-corrected chi connectivity index (χ1v) is 15.0. The van der Waals surface area contributed by atoms with Crippen LogP contribution in [0.15, 0.2) is 96.6 Å². The molecule has 0 aromatic heterocycles. The van der Waals surface area contributed by atoms with Crippen molar-refractivity contribution in [2.45, 2.75) is 29.9 Å². The summed E-state index contributed by atoms with van der Waals surface area (Å²) in [7, 11) is 6.84. The molecule has 4 aliphatic rings. The Morgan fingerprint density at radius 3 is 2.09 bits per heavy atom. The molecule has 1 spiro atoms. The Kier molecular flexibility index (Phi) is 6.80. The molecule has 3 aromatic carbocycles. The van der Waals surface area contributed by atoms with Crippen LogP contribution in [0.2, 0.25) is 0 Å². The van der Waals surface area contributed by atoms with Gasteiger partial charge in [-0.1, -0.05) is 84.9 Å². The molecule has 6 atom stereocenters. The molecule has 2 amide bonds. The van der Waals surface area contributed by atoms with Crippen molar-refractivity contribution in [1.29, 1.82) is 0 Å². The van der Waals surface area contributed by atoms with Gasteiger partial charge >= 0.3 is 0 Å². The molecule has 0 radical (unpaired) electrons. The van der Waals surface area contributed by atoms with E-state index in [2.05, 4.69) is 54.6 Å². The first-order valence-electron chi connectivity index (χ1n) is 15.0. The first kappa shape index (κ1) is 28.0. The van der Waals surface area contributed by atoms with Crippen LogP contribution in [0.1, 0.15) is 29.0 Å². The van der Waals surface area contributed by atoms with Crippen LogP contribution in [0.3, 0.4) is 0 Å². The van der Waals surface area contributed by atoms with Gasteiger partial charge in [0.15, 0.2) is 0 Å². The summed E-state index contributed by atoms with van der Waals surface area (Å²) in [5.41, 5.74) is 3.30. The number of anilines is 1. The molecular weight excluding hydrogens is 540 g/mol. The number of ether oxygens (including phenoxy) is 3. The zero-order chi connectivity index (χ0) is 29.9. The lowest BCUT2D eigenvalue weighted by molar-refractivity contribution is -0.159. The number of carbonyl (C=O) groups excluding carboxylic acids is 2. The minimum atomic E-state index is -1.07. The summed E-state index contributed by atoms with van der Waals surface area (Å²) in [5.74, 6) is -0.548. The summed E-state index contributed by atoms with van der Waals surface area (Å²) >= 11 is 0. The van der Waals surface area contributed by atoms with Gasteiger partial charge in [0.25, 0.3) is 0 Å². The molecular formula is C36H38N2O5. The van der Waals surface area contributed by atoms with E-state index in [1.54, 1.807) is 26.2 Å². The summed E-state index contributed by atoms with van der Waals surface area (Å²) in [5, 5.41) is 0. The molecule has 7 nitrogen and oxygen atoms in total. The zero-order valence-corrected chi connectivity index (χ0v) is 25.1. The lowest BCUT2D eigenvalue weighted by Crippen LogP contribution is -2.64. The molecule has 0 unspecified atom stereocenters. The van der Waals surface area contributed by atoms with Gasteiger partial charge in [0, 0.05) is 46.1 Å². The molecule has 7 heteroatoms. The second kappa shape index (κ2) is 10.4. The number of likely N-dealkylation sites (N-methyl/N-ethyl adjacent to an activating group) is 1. The highest BCUT2D eigenvalue weighted by atomic mass is 16.5. The van der Waals surface area contributed by atoms with E-state index in [0.29, 0.717) is 6.42 Å². The molecule has 2 aliphatic heterocycles. The Balaban J connectivity index is 1.49. The Hall–Kier alpha value is -3.78. The van der Waals surface area contributed by atoms with Crippen LogP contribution in [-0.2, 0) is 29.2 Å². The number of likely N-dealkylation sites (tertiary alicyclic amines) is 1. The van der Waals surface area contributed by atoms with E-state index in [1.807, 2.05) is 48.3 Å². The van der Waals surface area contributed by atoms with Gasteiger partial charge in [-0.05, 0) is 34.8 Å². The van der Waals surface area contributed by atoms with Gasteiger partial charge in [-0.15, -0.1) is 0 Å². The van der Waals surface area contributed by atoms with Crippen molar-refractivity contribution < 1.29 is 23.8 Å². The number of para-hydroxylation sites is 1. The maximum atomic E-state index is 14.9. The van der Waals surface area contributed by atoms with Crippen molar-refractivity contribution in [3.05, 3.63) is 113 Å². The van der Waals surface area contributed by atoms with Crippen molar-refractivity contribution in [3.63, 3.8) is 0 Å². The Labute approximate surface area is 253 Å². The first-order chi connectivity index (χ1) is 21.0. The normalized spacial score (nSPS) is 31.6. The third kappa shape index (κ3) is 3.59. The average molecular weight is 579 g/mol. The molecule has 3 fully saturated rings. The Morgan fingerprint density at radius 2 is 1.49 bits per heavy atom. The van der Waals surface area contributed by atoms with Gasteiger partial charge < -0.3 is 19.1 Å². The van der Waals surface area contributed by atoms with Crippen molar-refractivity contribution >= 4 is 17.5 Å². The number of rotatable bonds is 8. The van der Waals surface area contributed by atoms with E-state index in [-0.39, 0.29) is 48.9 Å². The number of allylic oxidation sites excluding steroid dienone is 1. The highest BCUT2D eigenvalue weighted by Gasteiger charge is 2.81. The van der Waals surface area contributed by atoms with Crippen molar-refractivity contribution in [2.75, 3.05) is 46.6 Å². The number of fused-ring (bicyclic) bond motifs is 2. The highest BCUT2D eigenvalue weighted by Crippen LogP contribution is 2.72. The molecule has 2 heterocycles. The summed E-state index contributed by atoms with van der Waals surface area (Å²) in [6, 6.07) is 28.6. The Bertz CT molecular complexity index is 1540. The van der Waals surface area contributed by atoms with E-state index in [9.17, 15) is 9.59 Å². The average Bonchev–Trinajstić information content (AvgIpc) is 3.49. The molecule has 7 rings (SSSR count). The molecule has 43 heavy (non-hydrogen) atoms. The van der Waals surface area contributed by atoms with E-state index >= 15 is 0 Å². The molecule has 2 saturated carbocycles. The molecule has 1 saturated heterocycles. The second-order valence-electron chi connectivity index (χ2n) is 12.3. The predicted octanol–water partition coefficient (Wildman–Crippen LogP) is 4.77. The van der Waals surface area contributed by atoms with Crippen LogP contribution in [0.25, 0.3) is 0 Å². The maximum Gasteiger partial charge on any atom is 0.242 e. The topological polar surface area (TPSA) is 68.3 Å². The zero-order valence-electron chi connectivity index (χ0n) is 25.1. The highest BCUT2D eigenvalue weighted by molar-refractivity contribution is 6.10. The van der Waals surface area contributed by atoms with Crippen LogP contribution >= 0.6 is 0 Å². The number of nitrogens with zero attached hydrogens (tertiary/aromatic N) is 2. The number of hydrogen-bond donors (Lipinski definition) is 0. The molecule has 2 aliphatic carbocycles. The summed E-state index contributed by atoms with van der Waals surface area (Å²) in [4.78, 5) is 33.0. The van der Waals surface area contributed by atoms with Crippen LogP contribution < -0.4 is 4.90 Å². The quantitative estimate of drug-likeness (QED) is 0.360. The van der Waals surface area contributed by atoms with Gasteiger partial charge in [-0.25, -0.2) is 0 Å². The fraction of sp³-hybridized carbons (Fsp3) is 0.389. The minimum absolute atomic E-state index is 0.0189. The lowest BCUT2D eigenvalue weighted by atomic mass is 9.52. The van der Waals surface area contributed by atoms with E-state index in [4.69, 9.17) is 14.2 Å². The molecule has 4 bridgehead atoms. The minimum Gasteiger partial charge on any atom is -0.384 e. The largest absolute Gasteiger partial charge is 0.384 e. The predicted molar refractivity (Wildman–Crippen MR) is 164 cm³/mol. The number of methoxy groups -OCH3 is 3. The van der Waals surface area contributed by atoms with Crippen molar-refractivity contribution in [2.24, 2.45) is 17.3 Å². The van der Waals surface area contributed by atoms with Gasteiger partial charge in [-0.2, -0.15) is 0 Å². The monoisotopic (exact) mass is 578 g/mol. The fourth-order valence-corrected chi connectivity index (χ4v) is 9.24. The summed E-state index contributed by atoms with van der Waals surface area (Å²) in [6.45, 7) is 0.362. The number of amides is 2. The summed E-state index contributed by atoms with van der Waals surface area (Å²) in [6.07, 6.45) is 2.48. The maximum absolute atomic E-state index is 14.9. The van der Waals surface area contributed by atoms with Crippen LogP contribution in [0.5, 0.6) is 0 Å². The van der Waals surface area contributed by atoms with Gasteiger partial charge in [0.1, 0.15) is 12.1 Å². The van der Waals surface area contributed by atoms with Crippen LogP contribution in [-0.4, -0.2) is 70.6 Å². The summed E-state index contributed by atoms with van der Waals surface area (Å²) < 4.78 is 17.8. The van der Waals surface area contributed by atoms with Gasteiger partial charge in [0.05, 0.1) is 29.9 Å². The molecule has 0 N–H and O–H groups in total. The third-order valence-electron chi connectivity index (χ3n) is 10.7. The standard InChI is InChI=1S/C36H38N2O5/c1-37-31-26(19-25(23-13-7-5-8-14-23)24-15-9-6-10-16-24)28-20-30(43-4)36(32(31)35(28,21-41-2)33(37)39)27-17-11-12-18-29(27)38(22-42-3)34(36)40/h5-19,25,28,30-32H,20-22H2,1-4H3/b26-19+/t28-,30+,31-,32+,35+,36-/m1/s1. The smallest absolute Gasteiger partial charge is 0.242 e.